The summed E-state index contributed by atoms with van der Waals surface area (Å²) in [6, 6.07) is 1.17. The molecule has 0 aliphatic heterocycles. The lowest BCUT2D eigenvalue weighted by Gasteiger charge is -2.14. The second-order valence-electron chi connectivity index (χ2n) is 2.26. The zero-order chi connectivity index (χ0) is 10.1. The summed E-state index contributed by atoms with van der Waals surface area (Å²) in [4.78, 5) is 22.3. The normalized spacial score (nSPS) is 8.62. The molecule has 3 amide bonds. The minimum atomic E-state index is -0.565. The van der Waals surface area contributed by atoms with Gasteiger partial charge in [-0.25, -0.2) is 4.79 Å². The van der Waals surface area contributed by atoms with Crippen molar-refractivity contribution in [2.75, 3.05) is 19.6 Å². The number of nitrogens with one attached hydrogen (secondary N) is 1. The highest BCUT2D eigenvalue weighted by molar-refractivity contribution is 5.84. The van der Waals surface area contributed by atoms with Gasteiger partial charge in [-0.05, 0) is 13.0 Å². The highest BCUT2D eigenvalue weighted by Crippen LogP contribution is 1.87. The maximum absolute atomic E-state index is 11.0. The molecular weight excluding hydrogens is 172 g/mol. The minimum Gasteiger partial charge on any atom is -0.330 e. The fraction of sp³-hybridized carbons (Fsp3) is 0.571. The van der Waals surface area contributed by atoms with Crippen molar-refractivity contribution in [2.45, 2.75) is 6.42 Å². The predicted octanol–water partition coefficient (Wildman–Crippen LogP) is -0.973. The molecule has 0 aliphatic rings. The van der Waals surface area contributed by atoms with Gasteiger partial charge in [0.05, 0.1) is 6.07 Å². The molecule has 0 aromatic rings. The number of imide groups is 1. The van der Waals surface area contributed by atoms with E-state index in [9.17, 15) is 9.59 Å². The van der Waals surface area contributed by atoms with E-state index in [0.29, 0.717) is 19.4 Å². The second kappa shape index (κ2) is 7.06. The van der Waals surface area contributed by atoms with Crippen molar-refractivity contribution in [2.24, 2.45) is 5.73 Å². The van der Waals surface area contributed by atoms with Crippen LogP contribution in [0.2, 0.25) is 0 Å². The highest BCUT2D eigenvalue weighted by Gasteiger charge is 2.09. The van der Waals surface area contributed by atoms with Crippen LogP contribution in [0.25, 0.3) is 0 Å². The SMILES string of the molecule is N#CCNC(=O)N(C=O)CCCN. The molecule has 0 atom stereocenters. The molecule has 72 valence electrons. The maximum Gasteiger partial charge on any atom is 0.324 e. The van der Waals surface area contributed by atoms with E-state index < -0.39 is 6.03 Å². The van der Waals surface area contributed by atoms with Gasteiger partial charge in [0, 0.05) is 6.54 Å². The van der Waals surface area contributed by atoms with Gasteiger partial charge in [-0.15, -0.1) is 0 Å². The average Bonchev–Trinajstić information content (AvgIpc) is 2.16. The largest absolute Gasteiger partial charge is 0.330 e. The molecule has 0 bridgehead atoms. The number of amides is 3. The molecule has 6 heteroatoms. The third-order valence-electron chi connectivity index (χ3n) is 1.31. The molecule has 0 saturated heterocycles. The molecule has 6 nitrogen and oxygen atoms in total. The first-order valence-electron chi connectivity index (χ1n) is 3.83. The zero-order valence-corrected chi connectivity index (χ0v) is 7.19. The van der Waals surface area contributed by atoms with Gasteiger partial charge in [-0.2, -0.15) is 5.26 Å². The van der Waals surface area contributed by atoms with Crippen molar-refractivity contribution in [3.05, 3.63) is 0 Å². The summed E-state index contributed by atoms with van der Waals surface area (Å²) in [5, 5.41) is 10.4. The van der Waals surface area contributed by atoms with Gasteiger partial charge < -0.3 is 11.1 Å². The lowest BCUT2D eigenvalue weighted by Crippen LogP contribution is -2.40. The summed E-state index contributed by atoms with van der Waals surface area (Å²) < 4.78 is 0. The van der Waals surface area contributed by atoms with E-state index in [1.165, 1.54) is 0 Å². The number of nitriles is 1. The Bertz CT molecular complexity index is 211. The lowest BCUT2D eigenvalue weighted by molar-refractivity contribution is -0.115. The molecule has 0 aromatic heterocycles. The van der Waals surface area contributed by atoms with Crippen LogP contribution in [0.15, 0.2) is 0 Å². The van der Waals surface area contributed by atoms with E-state index >= 15 is 0 Å². The van der Waals surface area contributed by atoms with Crippen LogP contribution in [0.1, 0.15) is 6.42 Å². The molecule has 0 aliphatic carbocycles. The minimum absolute atomic E-state index is 0.105. The smallest absolute Gasteiger partial charge is 0.324 e. The number of carbonyl (C=O) groups excluding carboxylic acids is 2. The fourth-order valence-corrected chi connectivity index (χ4v) is 0.680. The van der Waals surface area contributed by atoms with Crippen molar-refractivity contribution < 1.29 is 9.59 Å². The number of urea groups is 1. The van der Waals surface area contributed by atoms with Crippen molar-refractivity contribution in [1.29, 1.82) is 5.26 Å². The molecule has 13 heavy (non-hydrogen) atoms. The first kappa shape index (κ1) is 11.4. The first-order chi connectivity index (χ1) is 6.26. The van der Waals surface area contributed by atoms with E-state index in [2.05, 4.69) is 5.32 Å². The summed E-state index contributed by atoms with van der Waals surface area (Å²) in [6.45, 7) is 0.582. The van der Waals surface area contributed by atoms with Gasteiger partial charge in [-0.3, -0.25) is 9.69 Å². The van der Waals surface area contributed by atoms with Crippen LogP contribution in [0.3, 0.4) is 0 Å². The average molecular weight is 184 g/mol. The highest BCUT2D eigenvalue weighted by atomic mass is 16.2. The Morgan fingerprint density at radius 2 is 2.38 bits per heavy atom. The molecule has 0 heterocycles. The number of hydrogen-bond donors (Lipinski definition) is 2. The summed E-state index contributed by atoms with van der Waals surface area (Å²) in [7, 11) is 0. The molecule has 0 aromatic carbocycles. The van der Waals surface area contributed by atoms with E-state index in [0.717, 1.165) is 4.90 Å². The number of carbonyl (C=O) groups is 2. The second-order valence-corrected chi connectivity index (χ2v) is 2.26. The predicted molar refractivity (Wildman–Crippen MR) is 45.5 cm³/mol. The Morgan fingerprint density at radius 3 is 2.85 bits per heavy atom. The van der Waals surface area contributed by atoms with Crippen molar-refractivity contribution in [3.63, 3.8) is 0 Å². The Hall–Kier alpha value is -1.61. The Balaban J connectivity index is 3.86. The monoisotopic (exact) mass is 184 g/mol. The third kappa shape index (κ3) is 4.76. The summed E-state index contributed by atoms with van der Waals surface area (Å²) in [6.07, 6.45) is 0.973. The number of nitrogens with two attached hydrogens (primary N) is 1. The van der Waals surface area contributed by atoms with Crippen LogP contribution in [0.4, 0.5) is 4.79 Å². The van der Waals surface area contributed by atoms with Crippen LogP contribution in [0.5, 0.6) is 0 Å². The van der Waals surface area contributed by atoms with Crippen LogP contribution >= 0.6 is 0 Å². The van der Waals surface area contributed by atoms with E-state index in [1.54, 1.807) is 6.07 Å². The van der Waals surface area contributed by atoms with Gasteiger partial charge in [0.2, 0.25) is 6.41 Å². The zero-order valence-electron chi connectivity index (χ0n) is 7.19. The number of hydrogen-bond acceptors (Lipinski definition) is 4. The third-order valence-corrected chi connectivity index (χ3v) is 1.31. The molecule has 3 N–H and O–H groups in total. The molecule has 0 saturated carbocycles. The lowest BCUT2D eigenvalue weighted by atomic mass is 10.4. The molecule has 0 spiro atoms. The fourth-order valence-electron chi connectivity index (χ4n) is 0.680. The van der Waals surface area contributed by atoms with Crippen LogP contribution in [0, 0.1) is 11.3 Å². The molecule has 0 rings (SSSR count). The molecule has 0 radical (unpaired) electrons. The topological polar surface area (TPSA) is 99.2 Å². The van der Waals surface area contributed by atoms with Crippen molar-refractivity contribution >= 4 is 12.4 Å². The summed E-state index contributed by atoms with van der Waals surface area (Å²) in [5.74, 6) is 0. The van der Waals surface area contributed by atoms with Gasteiger partial charge in [0.15, 0.2) is 0 Å². The summed E-state index contributed by atoms with van der Waals surface area (Å²) in [5.41, 5.74) is 5.21. The van der Waals surface area contributed by atoms with Gasteiger partial charge in [0.1, 0.15) is 6.54 Å². The van der Waals surface area contributed by atoms with Crippen molar-refractivity contribution in [3.8, 4) is 6.07 Å². The Morgan fingerprint density at radius 1 is 1.69 bits per heavy atom. The van der Waals surface area contributed by atoms with Gasteiger partial charge >= 0.3 is 6.03 Å². The van der Waals surface area contributed by atoms with Crippen molar-refractivity contribution in [1.82, 2.24) is 10.2 Å². The number of nitrogens with zero attached hydrogens (tertiary/aromatic N) is 2. The molecule has 0 unspecified atom stereocenters. The molecule has 0 fully saturated rings. The summed E-state index contributed by atoms with van der Waals surface area (Å²) >= 11 is 0. The van der Waals surface area contributed by atoms with Crippen LogP contribution < -0.4 is 11.1 Å². The first-order valence-corrected chi connectivity index (χ1v) is 3.83. The van der Waals surface area contributed by atoms with Crippen LogP contribution in [-0.4, -0.2) is 37.0 Å². The van der Waals surface area contributed by atoms with E-state index in [-0.39, 0.29) is 13.1 Å². The van der Waals surface area contributed by atoms with E-state index in [4.69, 9.17) is 11.0 Å². The standard InChI is InChI=1S/C7H12N4O2/c8-2-1-5-11(6-12)7(13)10-4-3-9/h6H,1-2,4-5,8H2,(H,10,13). The quantitative estimate of drug-likeness (QED) is 0.424. The number of rotatable bonds is 5. The maximum atomic E-state index is 11.0. The van der Waals surface area contributed by atoms with E-state index in [1.807, 2.05) is 0 Å². The van der Waals surface area contributed by atoms with Crippen LogP contribution in [-0.2, 0) is 4.79 Å². The molecular formula is C7H12N4O2. The Kier molecular flexibility index (Phi) is 6.19. The van der Waals surface area contributed by atoms with Gasteiger partial charge in [0.25, 0.3) is 0 Å². The van der Waals surface area contributed by atoms with Gasteiger partial charge in [-0.1, -0.05) is 0 Å². The Labute approximate surface area is 76.3 Å².